The summed E-state index contributed by atoms with van der Waals surface area (Å²) in [5, 5.41) is 11.5. The molecule has 120 valence electrons. The third-order valence-electron chi connectivity index (χ3n) is 4.11. The Balaban J connectivity index is 2.05. The number of fused-ring (bicyclic) bond motifs is 1. The zero-order valence-corrected chi connectivity index (χ0v) is 13.4. The molecular weight excluding hydrogens is 314 g/mol. The molecule has 0 saturated heterocycles. The van der Waals surface area contributed by atoms with Crippen LogP contribution in [0.1, 0.15) is 16.7 Å². The SMILES string of the molecule is Cc1ccc(S(=O)(=O)N2Cc3ccccc3C[C@@H]2C(=O)[O-])cc1. The monoisotopic (exact) mass is 330 g/mol. The van der Waals surface area contributed by atoms with Crippen LogP contribution >= 0.6 is 0 Å². The zero-order valence-electron chi connectivity index (χ0n) is 12.6. The van der Waals surface area contributed by atoms with E-state index in [1.54, 1.807) is 12.1 Å². The van der Waals surface area contributed by atoms with Gasteiger partial charge in [-0.05, 0) is 36.6 Å². The molecule has 0 spiro atoms. The average Bonchev–Trinajstić information content (AvgIpc) is 2.54. The van der Waals surface area contributed by atoms with E-state index in [0.29, 0.717) is 0 Å². The number of carboxylic acid groups (broad SMARTS) is 1. The standard InChI is InChI=1S/C17H17NO4S/c1-12-6-8-15(9-7-12)23(21,22)18-11-14-5-3-2-4-13(14)10-16(18)17(19)20/h2-9,16H,10-11H2,1H3,(H,19,20)/p-1/t16-/m1/s1. The van der Waals surface area contributed by atoms with Gasteiger partial charge >= 0.3 is 0 Å². The summed E-state index contributed by atoms with van der Waals surface area (Å²) in [4.78, 5) is 11.6. The number of hydrogen-bond acceptors (Lipinski definition) is 4. The lowest BCUT2D eigenvalue weighted by Crippen LogP contribution is -2.53. The number of sulfonamides is 1. The van der Waals surface area contributed by atoms with E-state index in [9.17, 15) is 18.3 Å². The van der Waals surface area contributed by atoms with Crippen LogP contribution in [0.15, 0.2) is 53.4 Å². The van der Waals surface area contributed by atoms with Crippen LogP contribution in [0.2, 0.25) is 0 Å². The van der Waals surface area contributed by atoms with Crippen LogP contribution in [-0.4, -0.2) is 24.7 Å². The van der Waals surface area contributed by atoms with Gasteiger partial charge in [0.1, 0.15) is 0 Å². The van der Waals surface area contributed by atoms with E-state index in [0.717, 1.165) is 21.0 Å². The van der Waals surface area contributed by atoms with Crippen molar-refractivity contribution in [2.75, 3.05) is 0 Å². The summed E-state index contributed by atoms with van der Waals surface area (Å²) in [6.07, 6.45) is 0.115. The molecule has 1 heterocycles. The first-order chi connectivity index (χ1) is 10.9. The van der Waals surface area contributed by atoms with Crippen LogP contribution < -0.4 is 5.11 Å². The Labute approximate surface area is 135 Å². The molecule has 0 fully saturated rings. The Morgan fingerprint density at radius 2 is 1.70 bits per heavy atom. The number of carbonyl (C=O) groups is 1. The van der Waals surface area contributed by atoms with E-state index >= 15 is 0 Å². The number of nitrogens with zero attached hydrogens (tertiary/aromatic N) is 1. The normalized spacial score (nSPS) is 18.4. The number of rotatable bonds is 3. The van der Waals surface area contributed by atoms with Crippen molar-refractivity contribution in [3.8, 4) is 0 Å². The highest BCUT2D eigenvalue weighted by atomic mass is 32.2. The highest BCUT2D eigenvalue weighted by Gasteiger charge is 2.36. The van der Waals surface area contributed by atoms with Gasteiger partial charge < -0.3 is 9.90 Å². The predicted octanol–water partition coefficient (Wildman–Crippen LogP) is 0.861. The lowest BCUT2D eigenvalue weighted by Gasteiger charge is -2.36. The molecule has 0 bridgehead atoms. The van der Waals surface area contributed by atoms with Crippen molar-refractivity contribution in [3.05, 3.63) is 65.2 Å². The molecular formula is C17H16NO4S-. The number of hydrogen-bond donors (Lipinski definition) is 0. The predicted molar refractivity (Wildman–Crippen MR) is 82.8 cm³/mol. The Kier molecular flexibility index (Phi) is 3.95. The van der Waals surface area contributed by atoms with Gasteiger partial charge in [-0.1, -0.05) is 42.0 Å². The van der Waals surface area contributed by atoms with Crippen LogP contribution in [0.3, 0.4) is 0 Å². The van der Waals surface area contributed by atoms with Crippen LogP contribution in [0, 0.1) is 6.92 Å². The quantitative estimate of drug-likeness (QED) is 0.836. The maximum absolute atomic E-state index is 12.9. The van der Waals surface area contributed by atoms with Crippen LogP contribution in [0.25, 0.3) is 0 Å². The molecule has 5 nitrogen and oxygen atoms in total. The van der Waals surface area contributed by atoms with Crippen molar-refractivity contribution >= 4 is 16.0 Å². The van der Waals surface area contributed by atoms with E-state index < -0.39 is 22.0 Å². The molecule has 1 aliphatic rings. The van der Waals surface area contributed by atoms with Gasteiger partial charge in [-0.15, -0.1) is 0 Å². The molecule has 2 aromatic rings. The van der Waals surface area contributed by atoms with Gasteiger partial charge in [0.25, 0.3) is 0 Å². The van der Waals surface area contributed by atoms with Crippen molar-refractivity contribution in [1.29, 1.82) is 0 Å². The minimum Gasteiger partial charge on any atom is -0.548 e. The summed E-state index contributed by atoms with van der Waals surface area (Å²) in [6, 6.07) is 12.5. The molecule has 3 rings (SSSR count). The van der Waals surface area contributed by atoms with Gasteiger partial charge in [-0.2, -0.15) is 4.31 Å². The summed E-state index contributed by atoms with van der Waals surface area (Å²) in [6.45, 7) is 1.89. The fourth-order valence-electron chi connectivity index (χ4n) is 2.80. The molecule has 0 aliphatic carbocycles. The van der Waals surface area contributed by atoms with Crippen LogP contribution in [0.5, 0.6) is 0 Å². The van der Waals surface area contributed by atoms with E-state index in [2.05, 4.69) is 0 Å². The van der Waals surface area contributed by atoms with Gasteiger partial charge in [-0.3, -0.25) is 0 Å². The topological polar surface area (TPSA) is 77.5 Å². The molecule has 0 radical (unpaired) electrons. The van der Waals surface area contributed by atoms with Gasteiger partial charge in [0, 0.05) is 6.54 Å². The van der Waals surface area contributed by atoms with E-state index in [1.165, 1.54) is 12.1 Å². The molecule has 0 aromatic heterocycles. The number of aliphatic carboxylic acids is 1. The van der Waals surface area contributed by atoms with Gasteiger partial charge in [0.15, 0.2) is 0 Å². The van der Waals surface area contributed by atoms with Crippen LogP contribution in [-0.2, 0) is 27.8 Å². The lowest BCUT2D eigenvalue weighted by molar-refractivity contribution is -0.310. The minimum atomic E-state index is -3.90. The minimum absolute atomic E-state index is 0.0328. The molecule has 1 aliphatic heterocycles. The largest absolute Gasteiger partial charge is 0.548 e. The lowest BCUT2D eigenvalue weighted by atomic mass is 9.96. The molecule has 1 atom stereocenters. The summed E-state index contributed by atoms with van der Waals surface area (Å²) >= 11 is 0. The second-order valence-corrected chi connectivity index (χ2v) is 7.56. The summed E-state index contributed by atoms with van der Waals surface area (Å²) in [5.74, 6) is -1.38. The second-order valence-electron chi connectivity index (χ2n) is 5.67. The molecule has 0 N–H and O–H groups in total. The van der Waals surface area contributed by atoms with Crippen molar-refractivity contribution < 1.29 is 18.3 Å². The summed E-state index contributed by atoms with van der Waals surface area (Å²) < 4.78 is 26.7. The van der Waals surface area contributed by atoms with Gasteiger partial charge in [0.2, 0.25) is 10.0 Å². The first-order valence-corrected chi connectivity index (χ1v) is 8.70. The van der Waals surface area contributed by atoms with Crippen molar-refractivity contribution in [2.45, 2.75) is 30.8 Å². The Bertz CT molecular complexity index is 843. The first kappa shape index (κ1) is 15.7. The maximum atomic E-state index is 12.9. The van der Waals surface area contributed by atoms with Gasteiger partial charge in [-0.25, -0.2) is 8.42 Å². The Morgan fingerprint density at radius 1 is 1.09 bits per heavy atom. The van der Waals surface area contributed by atoms with Crippen molar-refractivity contribution in [2.24, 2.45) is 0 Å². The molecule has 0 amide bonds. The number of benzene rings is 2. The third-order valence-corrected chi connectivity index (χ3v) is 5.97. The third kappa shape index (κ3) is 2.87. The fourth-order valence-corrected chi connectivity index (χ4v) is 4.35. The average molecular weight is 330 g/mol. The van der Waals surface area contributed by atoms with Gasteiger partial charge in [0.05, 0.1) is 16.9 Å². The number of carboxylic acids is 1. The highest BCUT2D eigenvalue weighted by molar-refractivity contribution is 7.89. The van der Waals surface area contributed by atoms with Crippen molar-refractivity contribution in [3.63, 3.8) is 0 Å². The van der Waals surface area contributed by atoms with E-state index in [1.807, 2.05) is 31.2 Å². The van der Waals surface area contributed by atoms with E-state index in [4.69, 9.17) is 0 Å². The zero-order chi connectivity index (χ0) is 16.6. The summed E-state index contributed by atoms with van der Waals surface area (Å²) in [7, 11) is -3.90. The number of carbonyl (C=O) groups excluding carboxylic acids is 1. The second kappa shape index (κ2) is 5.79. The number of aryl methyl sites for hydroxylation is 1. The Hall–Kier alpha value is -2.18. The molecule has 0 saturated carbocycles. The molecule has 0 unspecified atom stereocenters. The molecule has 2 aromatic carbocycles. The van der Waals surface area contributed by atoms with Crippen molar-refractivity contribution in [1.82, 2.24) is 4.31 Å². The maximum Gasteiger partial charge on any atom is 0.243 e. The highest BCUT2D eigenvalue weighted by Crippen LogP contribution is 2.29. The van der Waals surface area contributed by atoms with Crippen LogP contribution in [0.4, 0.5) is 0 Å². The smallest absolute Gasteiger partial charge is 0.243 e. The fraction of sp³-hybridized carbons (Fsp3) is 0.235. The summed E-state index contributed by atoms with van der Waals surface area (Å²) in [5.41, 5.74) is 2.60. The van der Waals surface area contributed by atoms with E-state index in [-0.39, 0.29) is 17.9 Å². The molecule has 23 heavy (non-hydrogen) atoms. The molecule has 6 heteroatoms. The first-order valence-electron chi connectivity index (χ1n) is 7.26. The Morgan fingerprint density at radius 3 is 2.30 bits per heavy atom.